The first-order chi connectivity index (χ1) is 8.99. The molecule has 0 aliphatic heterocycles. The maximum atomic E-state index is 11.6. The number of aliphatic hydroxyl groups is 1. The first-order valence-electron chi connectivity index (χ1n) is 6.63. The highest BCUT2D eigenvalue weighted by Gasteiger charge is 2.09. The summed E-state index contributed by atoms with van der Waals surface area (Å²) in [5, 5.41) is 12.4. The average molecular weight is 281 g/mol. The second-order valence-corrected chi connectivity index (χ2v) is 6.10. The topological polar surface area (TPSA) is 49.3 Å². The molecule has 1 amide bonds. The van der Waals surface area contributed by atoms with Gasteiger partial charge in [-0.05, 0) is 31.4 Å². The lowest BCUT2D eigenvalue weighted by Gasteiger charge is -2.14. The molecule has 19 heavy (non-hydrogen) atoms. The van der Waals surface area contributed by atoms with Gasteiger partial charge in [0.25, 0.3) is 0 Å². The number of thioether (sulfide) groups is 1. The van der Waals surface area contributed by atoms with Crippen LogP contribution in [0.15, 0.2) is 29.2 Å². The standard InChI is InChI=1S/C15H23NO2S/c1-11(2)14(17)8-9-16-15(18)10-19-13-6-4-12(3)5-7-13/h4-7,11,14,17H,8-10H2,1-3H3,(H,16,18). The summed E-state index contributed by atoms with van der Waals surface area (Å²) in [6.07, 6.45) is 0.267. The third kappa shape index (κ3) is 6.64. The molecule has 0 aliphatic rings. The maximum absolute atomic E-state index is 11.6. The van der Waals surface area contributed by atoms with E-state index >= 15 is 0 Å². The summed E-state index contributed by atoms with van der Waals surface area (Å²) in [5.41, 5.74) is 1.22. The highest BCUT2D eigenvalue weighted by molar-refractivity contribution is 8.00. The van der Waals surface area contributed by atoms with Gasteiger partial charge < -0.3 is 10.4 Å². The Labute approximate surface area is 119 Å². The van der Waals surface area contributed by atoms with E-state index in [4.69, 9.17) is 0 Å². The number of carbonyl (C=O) groups excluding carboxylic acids is 1. The fraction of sp³-hybridized carbons (Fsp3) is 0.533. The minimum absolute atomic E-state index is 0.0153. The minimum atomic E-state index is -0.343. The fourth-order valence-corrected chi connectivity index (χ4v) is 2.26. The van der Waals surface area contributed by atoms with Gasteiger partial charge in [0.2, 0.25) is 5.91 Å². The lowest BCUT2D eigenvalue weighted by molar-refractivity contribution is -0.118. The molecule has 3 nitrogen and oxygen atoms in total. The number of carbonyl (C=O) groups is 1. The summed E-state index contributed by atoms with van der Waals surface area (Å²) in [4.78, 5) is 12.7. The molecule has 0 fully saturated rings. The van der Waals surface area contributed by atoms with Gasteiger partial charge in [0.15, 0.2) is 0 Å². The molecule has 1 aromatic rings. The number of hydrogen-bond donors (Lipinski definition) is 2. The van der Waals surface area contributed by atoms with E-state index in [0.717, 1.165) is 4.90 Å². The Balaban J connectivity index is 2.19. The van der Waals surface area contributed by atoms with Crippen LogP contribution < -0.4 is 5.32 Å². The quantitative estimate of drug-likeness (QED) is 0.755. The molecular formula is C15H23NO2S. The zero-order valence-corrected chi connectivity index (χ0v) is 12.7. The largest absolute Gasteiger partial charge is 0.393 e. The van der Waals surface area contributed by atoms with Crippen molar-refractivity contribution in [1.82, 2.24) is 5.32 Å². The second-order valence-electron chi connectivity index (χ2n) is 5.05. The van der Waals surface area contributed by atoms with Gasteiger partial charge in [0.05, 0.1) is 11.9 Å². The number of aryl methyl sites for hydroxylation is 1. The van der Waals surface area contributed by atoms with Crippen molar-refractivity contribution in [2.45, 2.75) is 38.2 Å². The van der Waals surface area contributed by atoms with E-state index in [-0.39, 0.29) is 17.9 Å². The molecule has 0 saturated heterocycles. The van der Waals surface area contributed by atoms with Crippen LogP contribution in [0, 0.1) is 12.8 Å². The SMILES string of the molecule is Cc1ccc(SCC(=O)NCCC(O)C(C)C)cc1. The first kappa shape index (κ1) is 16.1. The molecule has 1 aromatic carbocycles. The molecule has 0 heterocycles. The van der Waals surface area contributed by atoms with Crippen LogP contribution in [0.4, 0.5) is 0 Å². The van der Waals surface area contributed by atoms with Gasteiger partial charge in [-0.25, -0.2) is 0 Å². The molecule has 0 radical (unpaired) electrons. The normalized spacial score (nSPS) is 12.5. The summed E-state index contributed by atoms with van der Waals surface area (Å²) in [6, 6.07) is 8.13. The number of hydrogen-bond acceptors (Lipinski definition) is 3. The van der Waals surface area contributed by atoms with Gasteiger partial charge >= 0.3 is 0 Å². The van der Waals surface area contributed by atoms with Crippen molar-refractivity contribution < 1.29 is 9.90 Å². The summed E-state index contributed by atoms with van der Waals surface area (Å²) >= 11 is 1.53. The van der Waals surface area contributed by atoms with E-state index in [1.54, 1.807) is 0 Å². The number of amides is 1. The number of nitrogens with one attached hydrogen (secondary N) is 1. The lowest BCUT2D eigenvalue weighted by Crippen LogP contribution is -2.29. The monoisotopic (exact) mass is 281 g/mol. The van der Waals surface area contributed by atoms with E-state index in [2.05, 4.69) is 5.32 Å². The second kappa shape index (κ2) is 8.23. The van der Waals surface area contributed by atoms with Crippen LogP contribution in [0.25, 0.3) is 0 Å². The van der Waals surface area contributed by atoms with Crippen LogP contribution in [0.2, 0.25) is 0 Å². The van der Waals surface area contributed by atoms with Gasteiger partial charge in [-0.3, -0.25) is 4.79 Å². The molecule has 4 heteroatoms. The van der Waals surface area contributed by atoms with Crippen LogP contribution in [-0.2, 0) is 4.79 Å². The molecular weight excluding hydrogens is 258 g/mol. The van der Waals surface area contributed by atoms with Crippen molar-refractivity contribution in [2.75, 3.05) is 12.3 Å². The molecule has 106 valence electrons. The highest BCUT2D eigenvalue weighted by atomic mass is 32.2. The molecule has 0 bridgehead atoms. The Morgan fingerprint density at radius 3 is 2.53 bits per heavy atom. The van der Waals surface area contributed by atoms with E-state index in [9.17, 15) is 9.90 Å². The maximum Gasteiger partial charge on any atom is 0.230 e. The van der Waals surface area contributed by atoms with Crippen molar-refractivity contribution in [3.63, 3.8) is 0 Å². The summed E-state index contributed by atoms with van der Waals surface area (Å²) in [5.74, 6) is 0.668. The number of rotatable bonds is 7. The Bertz CT molecular complexity index is 390. The van der Waals surface area contributed by atoms with Gasteiger partial charge in [-0.1, -0.05) is 31.5 Å². The van der Waals surface area contributed by atoms with E-state index < -0.39 is 0 Å². The number of aliphatic hydroxyl groups excluding tert-OH is 1. The predicted molar refractivity (Wildman–Crippen MR) is 80.4 cm³/mol. The Hall–Kier alpha value is -1.00. The molecule has 0 saturated carbocycles. The van der Waals surface area contributed by atoms with Crippen molar-refractivity contribution >= 4 is 17.7 Å². The average Bonchev–Trinajstić information content (AvgIpc) is 2.37. The van der Waals surface area contributed by atoms with Crippen LogP contribution >= 0.6 is 11.8 Å². The van der Waals surface area contributed by atoms with Crippen molar-refractivity contribution in [2.24, 2.45) is 5.92 Å². The molecule has 1 rings (SSSR count). The smallest absolute Gasteiger partial charge is 0.230 e. The van der Waals surface area contributed by atoms with E-state index in [1.165, 1.54) is 17.3 Å². The van der Waals surface area contributed by atoms with Gasteiger partial charge in [0, 0.05) is 11.4 Å². The van der Waals surface area contributed by atoms with Gasteiger partial charge in [-0.2, -0.15) is 0 Å². The zero-order chi connectivity index (χ0) is 14.3. The van der Waals surface area contributed by atoms with Crippen molar-refractivity contribution in [1.29, 1.82) is 0 Å². The van der Waals surface area contributed by atoms with Crippen molar-refractivity contribution in [3.8, 4) is 0 Å². The number of benzene rings is 1. The molecule has 0 spiro atoms. The minimum Gasteiger partial charge on any atom is -0.393 e. The summed E-state index contributed by atoms with van der Waals surface area (Å²) in [6.45, 7) is 6.52. The van der Waals surface area contributed by atoms with Crippen molar-refractivity contribution in [3.05, 3.63) is 29.8 Å². The van der Waals surface area contributed by atoms with Gasteiger partial charge in [-0.15, -0.1) is 11.8 Å². The molecule has 1 unspecified atom stereocenters. The predicted octanol–water partition coefficient (Wildman–Crippen LogP) is 2.61. The Morgan fingerprint density at radius 1 is 1.32 bits per heavy atom. The van der Waals surface area contributed by atoms with Crippen LogP contribution in [0.5, 0.6) is 0 Å². The van der Waals surface area contributed by atoms with Gasteiger partial charge in [0.1, 0.15) is 0 Å². The summed E-state index contributed by atoms with van der Waals surface area (Å²) in [7, 11) is 0. The third-order valence-electron chi connectivity index (χ3n) is 2.92. The van der Waals surface area contributed by atoms with Crippen LogP contribution in [0.1, 0.15) is 25.8 Å². The van der Waals surface area contributed by atoms with E-state index in [1.807, 2.05) is 45.0 Å². The fourth-order valence-electron chi connectivity index (χ4n) is 1.53. The third-order valence-corrected chi connectivity index (χ3v) is 3.93. The Kier molecular flexibility index (Phi) is 6.95. The molecule has 0 aromatic heterocycles. The van der Waals surface area contributed by atoms with E-state index in [0.29, 0.717) is 18.7 Å². The van der Waals surface area contributed by atoms with Crippen LogP contribution in [-0.4, -0.2) is 29.4 Å². The Morgan fingerprint density at radius 2 is 1.95 bits per heavy atom. The zero-order valence-electron chi connectivity index (χ0n) is 11.8. The molecule has 2 N–H and O–H groups in total. The van der Waals surface area contributed by atoms with Crippen LogP contribution in [0.3, 0.4) is 0 Å². The lowest BCUT2D eigenvalue weighted by atomic mass is 10.0. The summed E-state index contributed by atoms with van der Waals surface area (Å²) < 4.78 is 0. The first-order valence-corrected chi connectivity index (χ1v) is 7.62. The molecule has 1 atom stereocenters. The molecule has 0 aliphatic carbocycles. The highest BCUT2D eigenvalue weighted by Crippen LogP contribution is 2.17.